The normalized spacial score (nSPS) is 11.1. The van der Waals surface area contributed by atoms with E-state index in [1.807, 2.05) is 60.8 Å². The molecule has 1 heterocycles. The fourth-order valence-corrected chi connectivity index (χ4v) is 3.12. The summed E-state index contributed by atoms with van der Waals surface area (Å²) in [7, 11) is 0. The summed E-state index contributed by atoms with van der Waals surface area (Å²) >= 11 is 4.82. The van der Waals surface area contributed by atoms with Gasteiger partial charge in [-0.2, -0.15) is 10.4 Å². The van der Waals surface area contributed by atoms with E-state index in [0.717, 1.165) is 27.0 Å². The number of hydrogen-bond acceptors (Lipinski definition) is 5. The van der Waals surface area contributed by atoms with Gasteiger partial charge in [0.1, 0.15) is 6.07 Å². The summed E-state index contributed by atoms with van der Waals surface area (Å²) in [5.74, 6) is 0. The van der Waals surface area contributed by atoms with Crippen LogP contribution in [0.3, 0.4) is 0 Å². The number of nitrogens with zero attached hydrogens (tertiary/aromatic N) is 3. The van der Waals surface area contributed by atoms with Crippen molar-refractivity contribution < 1.29 is 0 Å². The second-order valence-electron chi connectivity index (χ2n) is 5.10. The summed E-state index contributed by atoms with van der Waals surface area (Å²) in [6, 6.07) is 17.8. The molecule has 0 atom stereocenters. The van der Waals surface area contributed by atoms with Gasteiger partial charge < -0.3 is 0 Å². The van der Waals surface area contributed by atoms with E-state index in [4.69, 9.17) is 0 Å². The molecular formula is C18H13BrN4S. The van der Waals surface area contributed by atoms with Crippen LogP contribution in [-0.4, -0.2) is 10.7 Å². The first kappa shape index (κ1) is 16.4. The van der Waals surface area contributed by atoms with Crippen molar-refractivity contribution in [3.8, 4) is 17.3 Å². The third-order valence-electron chi connectivity index (χ3n) is 3.27. The molecule has 4 nitrogen and oxygen atoms in total. The van der Waals surface area contributed by atoms with Gasteiger partial charge in [-0.25, -0.2) is 4.98 Å². The number of thiazole rings is 1. The van der Waals surface area contributed by atoms with E-state index in [1.54, 1.807) is 0 Å². The number of hydrogen-bond donors (Lipinski definition) is 1. The number of rotatable bonds is 4. The number of nitrogens with one attached hydrogen (secondary N) is 1. The topological polar surface area (TPSA) is 61.1 Å². The van der Waals surface area contributed by atoms with Crippen molar-refractivity contribution in [3.05, 3.63) is 69.0 Å². The van der Waals surface area contributed by atoms with Gasteiger partial charge in [0, 0.05) is 15.4 Å². The molecule has 118 valence electrons. The van der Waals surface area contributed by atoms with Gasteiger partial charge in [0.15, 0.2) is 10.7 Å². The Bertz CT molecular complexity index is 923. The SMILES string of the molecule is Cc1cccc(N/N=C(/C#N)c2nc(-c3ccc(Br)cc3)cs2)c1. The molecule has 3 aromatic rings. The molecule has 0 saturated carbocycles. The van der Waals surface area contributed by atoms with Crippen molar-refractivity contribution in [1.82, 2.24) is 4.98 Å². The second-order valence-corrected chi connectivity index (χ2v) is 6.87. The van der Waals surface area contributed by atoms with Gasteiger partial charge in [0.05, 0.1) is 11.4 Å². The van der Waals surface area contributed by atoms with Crippen molar-refractivity contribution in [1.29, 1.82) is 5.26 Å². The van der Waals surface area contributed by atoms with Gasteiger partial charge in [-0.15, -0.1) is 11.3 Å². The maximum Gasteiger partial charge on any atom is 0.196 e. The van der Waals surface area contributed by atoms with Crippen LogP contribution in [0.1, 0.15) is 10.6 Å². The van der Waals surface area contributed by atoms with Gasteiger partial charge in [0.2, 0.25) is 0 Å². The van der Waals surface area contributed by atoms with Gasteiger partial charge in [-0.3, -0.25) is 5.43 Å². The Hall–Kier alpha value is -2.49. The van der Waals surface area contributed by atoms with Gasteiger partial charge in [0.25, 0.3) is 0 Å². The number of hydrazone groups is 1. The average Bonchev–Trinajstić information content (AvgIpc) is 3.06. The van der Waals surface area contributed by atoms with Crippen LogP contribution >= 0.6 is 27.3 Å². The summed E-state index contributed by atoms with van der Waals surface area (Å²) in [6.07, 6.45) is 0. The molecule has 0 fully saturated rings. The van der Waals surface area contributed by atoms with Crippen molar-refractivity contribution >= 4 is 38.7 Å². The number of aryl methyl sites for hydroxylation is 1. The average molecular weight is 397 g/mol. The van der Waals surface area contributed by atoms with E-state index in [1.165, 1.54) is 11.3 Å². The van der Waals surface area contributed by atoms with Gasteiger partial charge in [-0.1, -0.05) is 40.2 Å². The van der Waals surface area contributed by atoms with Gasteiger partial charge >= 0.3 is 0 Å². The zero-order valence-electron chi connectivity index (χ0n) is 12.8. The number of halogens is 1. The maximum absolute atomic E-state index is 9.37. The largest absolute Gasteiger partial charge is 0.277 e. The molecule has 0 radical (unpaired) electrons. The molecule has 3 rings (SSSR count). The van der Waals surface area contributed by atoms with Crippen molar-refractivity contribution in [2.45, 2.75) is 6.92 Å². The lowest BCUT2D eigenvalue weighted by atomic mass is 10.2. The fourth-order valence-electron chi connectivity index (χ4n) is 2.09. The molecule has 1 aromatic heterocycles. The first-order chi connectivity index (χ1) is 11.7. The van der Waals surface area contributed by atoms with E-state index in [2.05, 4.69) is 37.5 Å². The molecule has 0 amide bonds. The van der Waals surface area contributed by atoms with Crippen LogP contribution in [0.15, 0.2) is 63.5 Å². The molecule has 0 aliphatic rings. The van der Waals surface area contributed by atoms with Gasteiger partial charge in [-0.05, 0) is 36.8 Å². The van der Waals surface area contributed by atoms with E-state index >= 15 is 0 Å². The summed E-state index contributed by atoms with van der Waals surface area (Å²) in [4.78, 5) is 4.52. The van der Waals surface area contributed by atoms with Crippen LogP contribution in [0.2, 0.25) is 0 Å². The van der Waals surface area contributed by atoms with Crippen LogP contribution in [0.25, 0.3) is 11.3 Å². The summed E-state index contributed by atoms with van der Waals surface area (Å²) in [5.41, 5.74) is 6.99. The molecule has 0 aliphatic carbocycles. The predicted molar refractivity (Wildman–Crippen MR) is 102 cm³/mol. The monoisotopic (exact) mass is 396 g/mol. The van der Waals surface area contributed by atoms with E-state index < -0.39 is 0 Å². The number of benzene rings is 2. The minimum atomic E-state index is 0.268. The highest BCUT2D eigenvalue weighted by Gasteiger charge is 2.10. The van der Waals surface area contributed by atoms with Crippen LogP contribution in [0.5, 0.6) is 0 Å². The lowest BCUT2D eigenvalue weighted by Crippen LogP contribution is -2.01. The van der Waals surface area contributed by atoms with E-state index in [0.29, 0.717) is 5.01 Å². The van der Waals surface area contributed by atoms with Crippen molar-refractivity contribution in [3.63, 3.8) is 0 Å². The second kappa shape index (κ2) is 7.39. The molecule has 24 heavy (non-hydrogen) atoms. The van der Waals surface area contributed by atoms with Crippen LogP contribution < -0.4 is 5.43 Å². The molecular weight excluding hydrogens is 384 g/mol. The predicted octanol–water partition coefficient (Wildman–Crippen LogP) is 5.22. The number of anilines is 1. The lowest BCUT2D eigenvalue weighted by molar-refractivity contribution is 1.30. The Balaban J connectivity index is 1.82. The highest BCUT2D eigenvalue weighted by molar-refractivity contribution is 9.10. The molecule has 0 bridgehead atoms. The van der Waals surface area contributed by atoms with Crippen molar-refractivity contribution in [2.24, 2.45) is 5.10 Å². The summed E-state index contributed by atoms with van der Waals surface area (Å²) in [5, 5.41) is 16.1. The summed E-state index contributed by atoms with van der Waals surface area (Å²) in [6.45, 7) is 2.01. The van der Waals surface area contributed by atoms with Crippen LogP contribution in [-0.2, 0) is 0 Å². The Labute approximate surface area is 152 Å². The Morgan fingerprint density at radius 3 is 2.75 bits per heavy atom. The molecule has 6 heteroatoms. The van der Waals surface area contributed by atoms with Crippen molar-refractivity contribution in [2.75, 3.05) is 5.43 Å². The minimum absolute atomic E-state index is 0.268. The van der Waals surface area contributed by atoms with E-state index in [9.17, 15) is 5.26 Å². The fraction of sp³-hybridized carbons (Fsp3) is 0.0556. The Kier molecular flexibility index (Phi) is 5.04. The zero-order valence-corrected chi connectivity index (χ0v) is 15.2. The first-order valence-electron chi connectivity index (χ1n) is 7.18. The minimum Gasteiger partial charge on any atom is -0.277 e. The molecule has 1 N–H and O–H groups in total. The van der Waals surface area contributed by atoms with E-state index in [-0.39, 0.29) is 5.71 Å². The highest BCUT2D eigenvalue weighted by Crippen LogP contribution is 2.24. The molecule has 0 spiro atoms. The standard InChI is InChI=1S/C18H13BrN4S/c1-12-3-2-4-15(9-12)22-23-16(10-20)18-21-17(11-24-18)13-5-7-14(19)8-6-13/h2-9,11,22H,1H3/b23-16-. The summed E-state index contributed by atoms with van der Waals surface area (Å²) < 4.78 is 1.02. The molecule has 0 unspecified atom stereocenters. The molecule has 0 saturated heterocycles. The molecule has 0 aliphatic heterocycles. The highest BCUT2D eigenvalue weighted by atomic mass is 79.9. The Morgan fingerprint density at radius 2 is 2.04 bits per heavy atom. The number of nitriles is 1. The third kappa shape index (κ3) is 3.88. The maximum atomic E-state index is 9.37. The quantitative estimate of drug-likeness (QED) is 0.485. The smallest absolute Gasteiger partial charge is 0.196 e. The van der Waals surface area contributed by atoms with Crippen LogP contribution in [0, 0.1) is 18.3 Å². The Morgan fingerprint density at radius 1 is 1.25 bits per heavy atom. The third-order valence-corrected chi connectivity index (χ3v) is 4.65. The molecule has 2 aromatic carbocycles. The van der Waals surface area contributed by atoms with Crippen LogP contribution in [0.4, 0.5) is 5.69 Å². The number of aromatic nitrogens is 1. The zero-order chi connectivity index (χ0) is 16.9. The first-order valence-corrected chi connectivity index (χ1v) is 8.85. The lowest BCUT2D eigenvalue weighted by Gasteiger charge is -2.01.